The Bertz CT molecular complexity index is 689. The molecule has 0 bridgehead atoms. The lowest BCUT2D eigenvalue weighted by molar-refractivity contribution is -0.126. The van der Waals surface area contributed by atoms with E-state index in [0.29, 0.717) is 19.0 Å². The summed E-state index contributed by atoms with van der Waals surface area (Å²) >= 11 is 0. The summed E-state index contributed by atoms with van der Waals surface area (Å²) < 4.78 is 13.1. The number of likely N-dealkylation sites (N-methyl/N-ethyl adjacent to an activating group) is 1. The Hall–Kier alpha value is -2.64. The number of amides is 3. The Morgan fingerprint density at radius 2 is 1.95 bits per heavy atom. The number of benzene rings is 1. The van der Waals surface area contributed by atoms with Crippen molar-refractivity contribution in [1.82, 2.24) is 15.1 Å². The van der Waals surface area contributed by atoms with Crippen LogP contribution in [-0.4, -0.2) is 60.0 Å². The minimum Gasteiger partial charge on any atom is -0.325 e. The average molecular weight is 303 g/mol. The predicted octanol–water partition coefficient (Wildman–Crippen LogP) is 0.194. The lowest BCUT2D eigenvalue weighted by Gasteiger charge is -2.34. The molecule has 0 saturated carbocycles. The summed E-state index contributed by atoms with van der Waals surface area (Å²) in [6.45, 7) is 1.30. The Balaban J connectivity index is 1.69. The molecule has 3 amide bonds. The lowest BCUT2D eigenvalue weighted by atomic mass is 10.1. The van der Waals surface area contributed by atoms with Crippen molar-refractivity contribution in [2.24, 2.45) is 4.99 Å². The molecule has 1 aromatic carbocycles. The molecule has 2 unspecified atom stereocenters. The molecule has 3 aliphatic heterocycles. The third kappa shape index (κ3) is 1.69. The van der Waals surface area contributed by atoms with Crippen molar-refractivity contribution in [2.45, 2.75) is 12.2 Å². The molecule has 2 fully saturated rings. The molecular weight excluding hydrogens is 289 g/mol. The Labute approximate surface area is 126 Å². The van der Waals surface area contributed by atoms with Crippen LogP contribution in [0.5, 0.6) is 0 Å². The first kappa shape index (κ1) is 13.1. The number of nitrogens with zero attached hydrogens (tertiary/aromatic N) is 4. The van der Waals surface area contributed by atoms with E-state index in [0.717, 1.165) is 5.69 Å². The number of carbonyl (C=O) groups excluding carboxylic acids is 2. The molecule has 7 nitrogen and oxygen atoms in total. The number of carbonyl (C=O) groups is 2. The highest BCUT2D eigenvalue weighted by Crippen LogP contribution is 2.31. The van der Waals surface area contributed by atoms with Gasteiger partial charge in [-0.2, -0.15) is 0 Å². The van der Waals surface area contributed by atoms with E-state index in [1.165, 1.54) is 17.0 Å². The Morgan fingerprint density at radius 1 is 1.23 bits per heavy atom. The van der Waals surface area contributed by atoms with Crippen molar-refractivity contribution in [2.75, 3.05) is 25.0 Å². The Morgan fingerprint density at radius 3 is 2.68 bits per heavy atom. The molecule has 1 N–H and O–H groups in total. The van der Waals surface area contributed by atoms with Crippen LogP contribution in [0.15, 0.2) is 29.3 Å². The van der Waals surface area contributed by atoms with Crippen LogP contribution in [0, 0.1) is 5.82 Å². The smallest absolute Gasteiger partial charge is 0.325 e. The first-order chi connectivity index (χ1) is 10.6. The summed E-state index contributed by atoms with van der Waals surface area (Å²) in [7, 11) is 1.62. The monoisotopic (exact) mass is 303 g/mol. The molecule has 114 valence electrons. The molecular formula is C14H14FN5O2. The first-order valence-corrected chi connectivity index (χ1v) is 7.01. The normalized spacial score (nSPS) is 26.8. The summed E-state index contributed by atoms with van der Waals surface area (Å²) in [6.07, 6.45) is -0.514. The summed E-state index contributed by atoms with van der Waals surface area (Å²) in [6, 6.07) is 5.20. The minimum atomic E-state index is -0.514. The van der Waals surface area contributed by atoms with Gasteiger partial charge in [-0.3, -0.25) is 10.1 Å². The highest BCUT2D eigenvalue weighted by Gasteiger charge is 2.51. The molecule has 3 heterocycles. The van der Waals surface area contributed by atoms with Crippen molar-refractivity contribution in [3.63, 3.8) is 0 Å². The van der Waals surface area contributed by atoms with Crippen molar-refractivity contribution in [1.29, 1.82) is 0 Å². The average Bonchev–Trinajstić information content (AvgIpc) is 3.05. The fourth-order valence-corrected chi connectivity index (χ4v) is 3.15. The lowest BCUT2D eigenvalue weighted by Crippen LogP contribution is -2.63. The first-order valence-electron chi connectivity index (χ1n) is 7.01. The minimum absolute atomic E-state index is 0.299. The molecule has 0 radical (unpaired) electrons. The van der Waals surface area contributed by atoms with Gasteiger partial charge in [0.05, 0.1) is 0 Å². The standard InChI is InChI=1S/C14H14FN5O2/c1-18-11-10(12(21)17-14(18)22)20-7-6-19(13(20)16-11)9-4-2-8(15)3-5-9/h2-5,10-11H,6-7H2,1H3,(H,17,21,22). The van der Waals surface area contributed by atoms with Crippen LogP contribution < -0.4 is 10.2 Å². The van der Waals surface area contributed by atoms with Crippen LogP contribution in [0.25, 0.3) is 0 Å². The molecule has 22 heavy (non-hydrogen) atoms. The van der Waals surface area contributed by atoms with E-state index in [1.54, 1.807) is 19.2 Å². The SMILES string of the molecule is CN1C(=O)NC(=O)C2C1N=C1N(c3ccc(F)cc3)CCN12. The number of imide groups is 1. The number of rotatable bonds is 1. The highest BCUT2D eigenvalue weighted by molar-refractivity contribution is 6.07. The van der Waals surface area contributed by atoms with Gasteiger partial charge in [-0.25, -0.2) is 14.2 Å². The molecule has 0 aliphatic carbocycles. The molecule has 2 saturated heterocycles. The summed E-state index contributed by atoms with van der Waals surface area (Å²) in [5.74, 6) is 0.0256. The quantitative estimate of drug-likeness (QED) is 0.804. The molecule has 8 heteroatoms. The number of nitrogens with one attached hydrogen (secondary N) is 1. The third-order valence-corrected chi connectivity index (χ3v) is 4.28. The van der Waals surface area contributed by atoms with Gasteiger partial charge in [0.1, 0.15) is 5.82 Å². The van der Waals surface area contributed by atoms with Crippen LogP contribution in [0.3, 0.4) is 0 Å². The number of anilines is 1. The number of hydrogen-bond donors (Lipinski definition) is 1. The molecule has 0 aromatic heterocycles. The zero-order valence-corrected chi connectivity index (χ0v) is 11.9. The molecule has 1 aromatic rings. The molecule has 2 atom stereocenters. The van der Waals surface area contributed by atoms with Crippen molar-refractivity contribution in [3.8, 4) is 0 Å². The molecule has 3 aliphatic rings. The van der Waals surface area contributed by atoms with E-state index in [4.69, 9.17) is 0 Å². The summed E-state index contributed by atoms with van der Waals surface area (Å²) in [5, 5.41) is 2.34. The van der Waals surface area contributed by atoms with E-state index in [2.05, 4.69) is 10.3 Å². The van der Waals surface area contributed by atoms with Gasteiger partial charge in [0.15, 0.2) is 12.2 Å². The van der Waals surface area contributed by atoms with Crippen LogP contribution in [0.2, 0.25) is 0 Å². The maximum absolute atomic E-state index is 13.1. The number of halogens is 1. The van der Waals surface area contributed by atoms with E-state index >= 15 is 0 Å². The fraction of sp³-hybridized carbons (Fsp3) is 0.357. The molecule has 4 rings (SSSR count). The number of urea groups is 1. The fourth-order valence-electron chi connectivity index (χ4n) is 3.15. The third-order valence-electron chi connectivity index (χ3n) is 4.28. The zero-order chi connectivity index (χ0) is 15.4. The Kier molecular flexibility index (Phi) is 2.63. The van der Waals surface area contributed by atoms with Gasteiger partial charge in [0.25, 0.3) is 5.91 Å². The van der Waals surface area contributed by atoms with Gasteiger partial charge >= 0.3 is 6.03 Å². The van der Waals surface area contributed by atoms with Crippen molar-refractivity contribution >= 4 is 23.6 Å². The predicted molar refractivity (Wildman–Crippen MR) is 76.8 cm³/mol. The second kappa shape index (κ2) is 4.43. The van der Waals surface area contributed by atoms with E-state index in [-0.39, 0.29) is 11.7 Å². The number of aliphatic imine (C=N–C) groups is 1. The zero-order valence-electron chi connectivity index (χ0n) is 11.9. The van der Waals surface area contributed by atoms with Gasteiger partial charge < -0.3 is 14.7 Å². The maximum atomic E-state index is 13.1. The second-order valence-corrected chi connectivity index (χ2v) is 5.51. The van der Waals surface area contributed by atoms with E-state index in [9.17, 15) is 14.0 Å². The summed E-state index contributed by atoms with van der Waals surface area (Å²) in [4.78, 5) is 33.6. The van der Waals surface area contributed by atoms with Crippen LogP contribution in [-0.2, 0) is 4.79 Å². The molecule has 0 spiro atoms. The maximum Gasteiger partial charge on any atom is 0.325 e. The summed E-state index contributed by atoms with van der Waals surface area (Å²) in [5.41, 5.74) is 0.815. The highest BCUT2D eigenvalue weighted by atomic mass is 19.1. The van der Waals surface area contributed by atoms with Gasteiger partial charge in [0, 0.05) is 25.8 Å². The second-order valence-electron chi connectivity index (χ2n) is 5.51. The van der Waals surface area contributed by atoms with Crippen LogP contribution in [0.1, 0.15) is 0 Å². The van der Waals surface area contributed by atoms with Gasteiger partial charge in [-0.05, 0) is 24.3 Å². The number of fused-ring (bicyclic) bond motifs is 3. The number of hydrogen-bond acceptors (Lipinski definition) is 5. The van der Waals surface area contributed by atoms with Crippen LogP contribution in [0.4, 0.5) is 14.9 Å². The van der Waals surface area contributed by atoms with Gasteiger partial charge in [-0.1, -0.05) is 0 Å². The van der Waals surface area contributed by atoms with E-state index in [1.807, 2.05) is 9.80 Å². The van der Waals surface area contributed by atoms with Crippen molar-refractivity contribution in [3.05, 3.63) is 30.1 Å². The topological polar surface area (TPSA) is 68.2 Å². The van der Waals surface area contributed by atoms with Gasteiger partial charge in [0.2, 0.25) is 5.96 Å². The van der Waals surface area contributed by atoms with E-state index < -0.39 is 18.2 Å². The van der Waals surface area contributed by atoms with Crippen LogP contribution >= 0.6 is 0 Å². The van der Waals surface area contributed by atoms with Crippen molar-refractivity contribution < 1.29 is 14.0 Å². The largest absolute Gasteiger partial charge is 0.325 e. The van der Waals surface area contributed by atoms with Gasteiger partial charge in [-0.15, -0.1) is 0 Å². The number of guanidine groups is 1.